The molecule has 128 valence electrons. The number of aldehydes is 1. The third-order valence-corrected chi connectivity index (χ3v) is 4.61. The smallest absolute Gasteiger partial charge is 0.410 e. The molecular weight excluding hydrogens is 296 g/mol. The fourth-order valence-corrected chi connectivity index (χ4v) is 3.40. The molecule has 1 amide bonds. The molecule has 0 radical (unpaired) electrons. The number of hydrogen-bond donors (Lipinski definition) is 0. The van der Waals surface area contributed by atoms with Crippen molar-refractivity contribution in [2.45, 2.75) is 83.0 Å². The molecule has 2 fully saturated rings. The van der Waals surface area contributed by atoms with Crippen LogP contribution in [-0.2, 0) is 9.53 Å². The molecule has 0 bridgehead atoms. The van der Waals surface area contributed by atoms with Crippen molar-refractivity contribution in [1.29, 1.82) is 0 Å². The van der Waals surface area contributed by atoms with E-state index in [1.54, 1.807) is 0 Å². The highest BCUT2D eigenvalue weighted by Crippen LogP contribution is 2.36. The molecule has 0 atom stereocenters. The van der Waals surface area contributed by atoms with Crippen molar-refractivity contribution in [2.75, 3.05) is 0 Å². The summed E-state index contributed by atoms with van der Waals surface area (Å²) in [4.78, 5) is 28.2. The Labute approximate surface area is 137 Å². The second kappa shape index (κ2) is 7.21. The molecule has 7 heteroatoms. The van der Waals surface area contributed by atoms with Gasteiger partial charge in [-0.3, -0.25) is 0 Å². The topological polar surface area (TPSA) is 95.4 Å². The minimum Gasteiger partial charge on any atom is -0.444 e. The van der Waals surface area contributed by atoms with Gasteiger partial charge in [-0.05, 0) is 64.8 Å². The molecule has 0 aromatic rings. The lowest BCUT2D eigenvalue weighted by Crippen LogP contribution is -2.55. The molecule has 0 saturated heterocycles. The Hall–Kier alpha value is -1.75. The summed E-state index contributed by atoms with van der Waals surface area (Å²) in [5, 5.41) is 3.79. The number of ether oxygens (including phenoxy) is 1. The summed E-state index contributed by atoms with van der Waals surface area (Å²) in [6.45, 7) is 5.57. The van der Waals surface area contributed by atoms with E-state index in [9.17, 15) is 9.59 Å². The monoisotopic (exact) mass is 322 g/mol. The van der Waals surface area contributed by atoms with Gasteiger partial charge in [0.05, 0.1) is 0 Å². The van der Waals surface area contributed by atoms with Crippen LogP contribution in [0.5, 0.6) is 0 Å². The van der Waals surface area contributed by atoms with Gasteiger partial charge in [0.15, 0.2) is 0 Å². The molecule has 2 saturated carbocycles. The van der Waals surface area contributed by atoms with Gasteiger partial charge in [0.25, 0.3) is 0 Å². The van der Waals surface area contributed by atoms with Crippen molar-refractivity contribution in [3.63, 3.8) is 0 Å². The molecule has 7 nitrogen and oxygen atoms in total. The van der Waals surface area contributed by atoms with Crippen molar-refractivity contribution < 1.29 is 14.3 Å². The standard InChI is InChI=1S/C16H26N4O3/c1-16(2,3)23-15(22)20(14-8-11(9-14)10-21)13-6-4-12(5-7-13)18-19-17/h10-14H,4-9H2,1-3H3/t11?,12-,13-,14?. The van der Waals surface area contributed by atoms with Gasteiger partial charge < -0.3 is 14.4 Å². The maximum atomic E-state index is 12.6. The Kier molecular flexibility index (Phi) is 5.52. The Morgan fingerprint density at radius 3 is 2.30 bits per heavy atom. The molecule has 0 aromatic heterocycles. The summed E-state index contributed by atoms with van der Waals surface area (Å²) in [5.41, 5.74) is 8.01. The second-order valence-corrected chi connectivity index (χ2v) is 7.58. The molecule has 2 rings (SSSR count). The van der Waals surface area contributed by atoms with Crippen LogP contribution in [0.3, 0.4) is 0 Å². The highest BCUT2D eigenvalue weighted by atomic mass is 16.6. The molecule has 2 aliphatic carbocycles. The number of amides is 1. The Balaban J connectivity index is 2.03. The molecule has 23 heavy (non-hydrogen) atoms. The Bertz CT molecular complexity index is 482. The number of carbonyl (C=O) groups is 2. The largest absolute Gasteiger partial charge is 0.444 e. The summed E-state index contributed by atoms with van der Waals surface area (Å²) in [6, 6.07) is 0.217. The van der Waals surface area contributed by atoms with Gasteiger partial charge in [0.1, 0.15) is 11.9 Å². The lowest BCUT2D eigenvalue weighted by Gasteiger charge is -2.46. The lowest BCUT2D eigenvalue weighted by atomic mass is 9.78. The van der Waals surface area contributed by atoms with E-state index in [1.165, 1.54) is 0 Å². The second-order valence-electron chi connectivity index (χ2n) is 7.58. The van der Waals surface area contributed by atoms with Gasteiger partial charge in [-0.25, -0.2) is 4.79 Å². The van der Waals surface area contributed by atoms with Crippen LogP contribution in [0.2, 0.25) is 0 Å². The molecule has 2 aliphatic rings. The first-order chi connectivity index (χ1) is 10.8. The first-order valence-corrected chi connectivity index (χ1v) is 8.35. The Morgan fingerprint density at radius 1 is 1.22 bits per heavy atom. The van der Waals surface area contributed by atoms with Gasteiger partial charge in [-0.1, -0.05) is 5.11 Å². The van der Waals surface area contributed by atoms with E-state index in [-0.39, 0.29) is 30.1 Å². The van der Waals surface area contributed by atoms with Crippen molar-refractivity contribution in [1.82, 2.24) is 4.90 Å². The summed E-state index contributed by atoms with van der Waals surface area (Å²) in [6.07, 6.45) is 5.32. The van der Waals surface area contributed by atoms with E-state index in [2.05, 4.69) is 10.0 Å². The zero-order chi connectivity index (χ0) is 17.0. The van der Waals surface area contributed by atoms with Crippen LogP contribution in [0, 0.1) is 5.92 Å². The third kappa shape index (κ3) is 4.61. The lowest BCUT2D eigenvalue weighted by molar-refractivity contribution is -0.116. The van der Waals surface area contributed by atoms with Crippen LogP contribution in [0.4, 0.5) is 4.79 Å². The molecule has 0 aromatic carbocycles. The van der Waals surface area contributed by atoms with Gasteiger partial charge >= 0.3 is 6.09 Å². The minimum absolute atomic E-state index is 0.0286. The van der Waals surface area contributed by atoms with Crippen molar-refractivity contribution in [2.24, 2.45) is 11.0 Å². The molecular formula is C16H26N4O3. The van der Waals surface area contributed by atoms with Gasteiger partial charge in [-0.2, -0.15) is 0 Å². The summed E-state index contributed by atoms with van der Waals surface area (Å²) < 4.78 is 5.57. The predicted octanol–water partition coefficient (Wildman–Crippen LogP) is 3.82. The first-order valence-electron chi connectivity index (χ1n) is 8.35. The van der Waals surface area contributed by atoms with Crippen molar-refractivity contribution in [3.05, 3.63) is 10.4 Å². The highest BCUT2D eigenvalue weighted by Gasteiger charge is 2.42. The maximum Gasteiger partial charge on any atom is 0.410 e. The summed E-state index contributed by atoms with van der Waals surface area (Å²) in [5.74, 6) is 0.0597. The van der Waals surface area contributed by atoms with Gasteiger partial charge in [-0.15, -0.1) is 0 Å². The van der Waals surface area contributed by atoms with Crippen LogP contribution in [0.25, 0.3) is 10.4 Å². The quantitative estimate of drug-likeness (QED) is 0.340. The maximum absolute atomic E-state index is 12.6. The van der Waals surface area contributed by atoms with Crippen molar-refractivity contribution >= 4 is 12.4 Å². The van der Waals surface area contributed by atoms with E-state index in [0.29, 0.717) is 0 Å². The van der Waals surface area contributed by atoms with E-state index in [4.69, 9.17) is 10.3 Å². The first kappa shape index (κ1) is 17.6. The van der Waals surface area contributed by atoms with Crippen LogP contribution in [0.15, 0.2) is 5.11 Å². The minimum atomic E-state index is -0.536. The van der Waals surface area contributed by atoms with Crippen LogP contribution in [-0.4, -0.2) is 41.0 Å². The molecule has 0 aliphatic heterocycles. The van der Waals surface area contributed by atoms with Crippen LogP contribution in [0.1, 0.15) is 59.3 Å². The normalized spacial score (nSPS) is 30.6. The van der Waals surface area contributed by atoms with E-state index in [1.807, 2.05) is 25.7 Å². The SMILES string of the molecule is CC(C)(C)OC(=O)N(C1CC(C=O)C1)[C@H]1CC[C@H](N=[N+]=[N-])CC1. The van der Waals surface area contributed by atoms with Gasteiger partial charge in [0, 0.05) is 29.0 Å². The molecule has 0 N–H and O–H groups in total. The Morgan fingerprint density at radius 2 is 1.83 bits per heavy atom. The number of nitrogens with zero attached hydrogens (tertiary/aromatic N) is 4. The zero-order valence-corrected chi connectivity index (χ0v) is 14.1. The van der Waals surface area contributed by atoms with Crippen molar-refractivity contribution in [3.8, 4) is 0 Å². The summed E-state index contributed by atoms with van der Waals surface area (Å²) in [7, 11) is 0. The third-order valence-electron chi connectivity index (χ3n) is 4.61. The molecule has 0 heterocycles. The van der Waals surface area contributed by atoms with Gasteiger partial charge in [0.2, 0.25) is 0 Å². The van der Waals surface area contributed by atoms with Crippen LogP contribution < -0.4 is 0 Å². The van der Waals surface area contributed by atoms with E-state index < -0.39 is 5.60 Å². The number of rotatable bonds is 4. The number of carbonyl (C=O) groups excluding carboxylic acids is 2. The molecule has 0 spiro atoms. The number of hydrogen-bond acceptors (Lipinski definition) is 4. The summed E-state index contributed by atoms with van der Waals surface area (Å²) >= 11 is 0. The van der Waals surface area contributed by atoms with E-state index >= 15 is 0 Å². The average Bonchev–Trinajstić information content (AvgIpc) is 2.41. The fourth-order valence-electron chi connectivity index (χ4n) is 3.40. The average molecular weight is 322 g/mol. The van der Waals surface area contributed by atoms with Crippen LogP contribution >= 0.6 is 0 Å². The van der Waals surface area contributed by atoms with E-state index in [0.717, 1.165) is 44.8 Å². The zero-order valence-electron chi connectivity index (χ0n) is 14.1. The highest BCUT2D eigenvalue weighted by molar-refractivity contribution is 5.70. The number of azide groups is 1. The fraction of sp³-hybridized carbons (Fsp3) is 0.875. The predicted molar refractivity (Wildman–Crippen MR) is 85.8 cm³/mol. The molecule has 0 unspecified atom stereocenters.